The van der Waals surface area contributed by atoms with Gasteiger partial charge in [-0.25, -0.2) is 17.6 Å². The number of halogens is 5. The molecule has 0 aliphatic heterocycles. The maximum Gasteiger partial charge on any atom is 0.226 e. The van der Waals surface area contributed by atoms with Gasteiger partial charge in [0.2, 0.25) is 5.91 Å². The number of hydrogen-bond donors (Lipinski definition) is 1. The molecule has 4 nitrogen and oxygen atoms in total. The van der Waals surface area contributed by atoms with Crippen molar-refractivity contribution in [3.63, 3.8) is 0 Å². The summed E-state index contributed by atoms with van der Waals surface area (Å²) < 4.78 is 59.1. The summed E-state index contributed by atoms with van der Waals surface area (Å²) in [7, 11) is -2.66. The molecule has 0 aliphatic rings. The van der Waals surface area contributed by atoms with Crippen LogP contribution in [0.4, 0.5) is 17.6 Å². The van der Waals surface area contributed by atoms with Crippen LogP contribution in [0.25, 0.3) is 0 Å². The third kappa shape index (κ3) is 4.66. The lowest BCUT2D eigenvalue weighted by Gasteiger charge is -2.21. The molecule has 0 atom stereocenters. The van der Waals surface area contributed by atoms with Gasteiger partial charge in [-0.3, -0.25) is 9.48 Å². The number of nitrogens with zero attached hydrogens (tertiary/aromatic N) is 2. The molecular weight excluding hydrogens is 426 g/mol. The normalized spacial score (nSPS) is 11.8. The van der Waals surface area contributed by atoms with Crippen LogP contribution in [0.1, 0.15) is 30.8 Å². The molecule has 0 saturated carbocycles. The summed E-state index contributed by atoms with van der Waals surface area (Å²) in [5.41, 5.74) is 0.259. The topological polar surface area (TPSA) is 46.9 Å². The molecule has 0 radical (unpaired) electrons. The van der Waals surface area contributed by atoms with Gasteiger partial charge in [-0.15, -0.1) is 0 Å². The van der Waals surface area contributed by atoms with Crippen molar-refractivity contribution in [3.05, 3.63) is 45.2 Å². The van der Waals surface area contributed by atoms with E-state index in [9.17, 15) is 22.4 Å². The van der Waals surface area contributed by atoms with Crippen molar-refractivity contribution in [1.29, 1.82) is 0 Å². The second-order valence-corrected chi connectivity index (χ2v) is 13.1. The number of carbonyl (C=O) groups is 1. The molecule has 0 fully saturated rings. The average molecular weight is 450 g/mol. The van der Waals surface area contributed by atoms with E-state index in [0.29, 0.717) is 29.4 Å². The average Bonchev–Trinajstić information content (AvgIpc) is 2.94. The summed E-state index contributed by atoms with van der Waals surface area (Å²) >= 11 is 6.24. The van der Waals surface area contributed by atoms with Crippen LogP contribution in [-0.4, -0.2) is 23.8 Å². The molecule has 1 amide bonds. The predicted molar refractivity (Wildman–Crippen MR) is 107 cm³/mol. The lowest BCUT2D eigenvalue weighted by molar-refractivity contribution is -0.120. The number of benzene rings is 1. The highest BCUT2D eigenvalue weighted by Gasteiger charge is 2.33. The molecule has 0 unspecified atom stereocenters. The number of aryl methyl sites for hydroxylation is 2. The minimum atomic E-state index is -2.66. The summed E-state index contributed by atoms with van der Waals surface area (Å²) in [6.07, 6.45) is 0.403. The van der Waals surface area contributed by atoms with Crippen molar-refractivity contribution in [2.45, 2.75) is 59.4 Å². The Labute approximate surface area is 173 Å². The van der Waals surface area contributed by atoms with Crippen LogP contribution < -0.4 is 10.5 Å². The molecule has 0 spiro atoms. The maximum absolute atomic E-state index is 14.4. The van der Waals surface area contributed by atoms with E-state index in [-0.39, 0.29) is 6.42 Å². The Hall–Kier alpha value is -1.87. The van der Waals surface area contributed by atoms with Gasteiger partial charge in [0.15, 0.2) is 23.3 Å². The zero-order chi connectivity index (χ0) is 22.1. The fourth-order valence-corrected chi connectivity index (χ4v) is 4.95. The van der Waals surface area contributed by atoms with Crippen LogP contribution in [0.5, 0.6) is 0 Å². The van der Waals surface area contributed by atoms with Gasteiger partial charge >= 0.3 is 0 Å². The number of rotatable bonds is 7. The molecular formula is C19H24ClF4N3OSi. The summed E-state index contributed by atoms with van der Waals surface area (Å²) in [5.74, 6) is -6.35. The van der Waals surface area contributed by atoms with Gasteiger partial charge < -0.3 is 5.32 Å². The van der Waals surface area contributed by atoms with Crippen molar-refractivity contribution >= 4 is 30.8 Å². The largest absolute Gasteiger partial charge is 0.351 e. The smallest absolute Gasteiger partial charge is 0.226 e. The highest BCUT2D eigenvalue weighted by atomic mass is 35.5. The van der Waals surface area contributed by atoms with Crippen LogP contribution in [0.3, 0.4) is 0 Å². The van der Waals surface area contributed by atoms with E-state index in [0.717, 1.165) is 0 Å². The number of hydrogen-bond acceptors (Lipinski definition) is 2. The zero-order valence-corrected chi connectivity index (χ0v) is 18.8. The van der Waals surface area contributed by atoms with Crippen molar-refractivity contribution in [1.82, 2.24) is 15.1 Å². The molecule has 10 heteroatoms. The molecule has 1 aromatic carbocycles. The summed E-state index contributed by atoms with van der Waals surface area (Å²) in [5, 5.41) is 6.42. The van der Waals surface area contributed by atoms with Gasteiger partial charge in [-0.2, -0.15) is 5.10 Å². The maximum atomic E-state index is 14.4. The third-order valence-corrected chi connectivity index (χ3v) is 6.96. The van der Waals surface area contributed by atoms with E-state index in [1.54, 1.807) is 24.3 Å². The Morgan fingerprint density at radius 1 is 1.07 bits per heavy atom. The van der Waals surface area contributed by atoms with Gasteiger partial charge in [-0.05, 0) is 13.3 Å². The Bertz CT molecular complexity index is 912. The lowest BCUT2D eigenvalue weighted by Crippen LogP contribution is -2.44. The summed E-state index contributed by atoms with van der Waals surface area (Å²) in [6.45, 7) is 8.26. The molecule has 0 bridgehead atoms. The Morgan fingerprint density at radius 3 is 2.07 bits per heavy atom. The lowest BCUT2D eigenvalue weighted by atomic mass is 10.1. The van der Waals surface area contributed by atoms with Gasteiger partial charge in [0.25, 0.3) is 0 Å². The molecule has 1 N–H and O–H groups in total. The minimum absolute atomic E-state index is 0.180. The van der Waals surface area contributed by atoms with Crippen molar-refractivity contribution in [3.8, 4) is 0 Å². The van der Waals surface area contributed by atoms with Crippen LogP contribution >= 0.6 is 11.6 Å². The van der Waals surface area contributed by atoms with Crippen LogP contribution in [0.15, 0.2) is 0 Å². The first-order valence-corrected chi connectivity index (χ1v) is 13.2. The number of carbonyl (C=O) groups excluding carboxylic acids is 1. The van der Waals surface area contributed by atoms with E-state index in [2.05, 4.69) is 10.4 Å². The molecule has 0 aliphatic carbocycles. The van der Waals surface area contributed by atoms with Crippen LogP contribution in [0, 0.1) is 23.3 Å². The number of amides is 1. The highest BCUT2D eigenvalue weighted by molar-refractivity contribution is 6.88. The summed E-state index contributed by atoms with van der Waals surface area (Å²) in [6, 6.07) is 0. The Kier molecular flexibility index (Phi) is 7.16. The van der Waals surface area contributed by atoms with Crippen molar-refractivity contribution in [2.75, 3.05) is 0 Å². The monoisotopic (exact) mass is 449 g/mol. The minimum Gasteiger partial charge on any atom is -0.351 e. The fraction of sp³-hybridized carbons (Fsp3) is 0.474. The van der Waals surface area contributed by atoms with Gasteiger partial charge in [0.05, 0.1) is 30.9 Å². The first kappa shape index (κ1) is 23.4. The Balaban J connectivity index is 2.25. The fourth-order valence-electron chi connectivity index (χ4n) is 3.08. The van der Waals surface area contributed by atoms with E-state index >= 15 is 0 Å². The molecule has 0 saturated heterocycles. The van der Waals surface area contributed by atoms with E-state index < -0.39 is 54.5 Å². The zero-order valence-electron chi connectivity index (χ0n) is 17.0. The molecule has 2 rings (SSSR count). The first-order chi connectivity index (χ1) is 13.4. The van der Waals surface area contributed by atoms with Crippen LogP contribution in [0.2, 0.25) is 24.7 Å². The molecule has 29 heavy (non-hydrogen) atoms. The standard InChI is InChI=1S/C19H24ClF4N3OSi/c1-6-11-14(20)12(27(7-2)26-11)8-13(28)25-9-10-15(21)17(23)19(29(3,4)5)18(24)16(10)22/h6-9H2,1-5H3,(H,25,28). The number of nitrogens with one attached hydrogen (secondary N) is 1. The molecule has 1 aromatic heterocycles. The van der Waals surface area contributed by atoms with E-state index in [1.165, 1.54) is 0 Å². The molecule has 2 aromatic rings. The SMILES string of the molecule is CCc1nn(CC)c(CC(=O)NCc2c(F)c(F)c([Si](C)(C)C)c(F)c2F)c1Cl. The predicted octanol–water partition coefficient (Wildman–Crippen LogP) is 4.08. The summed E-state index contributed by atoms with van der Waals surface area (Å²) in [4.78, 5) is 12.3. The third-order valence-electron chi connectivity index (χ3n) is 4.59. The Morgan fingerprint density at radius 2 is 1.62 bits per heavy atom. The van der Waals surface area contributed by atoms with Crippen molar-refractivity contribution in [2.24, 2.45) is 0 Å². The van der Waals surface area contributed by atoms with Gasteiger partial charge in [0.1, 0.15) is 0 Å². The van der Waals surface area contributed by atoms with Gasteiger partial charge in [0, 0.05) is 23.8 Å². The van der Waals surface area contributed by atoms with E-state index in [4.69, 9.17) is 11.6 Å². The highest BCUT2D eigenvalue weighted by Crippen LogP contribution is 2.23. The van der Waals surface area contributed by atoms with Crippen LogP contribution in [-0.2, 0) is 30.7 Å². The van der Waals surface area contributed by atoms with E-state index in [1.807, 2.05) is 13.8 Å². The quantitative estimate of drug-likeness (QED) is 0.393. The number of aromatic nitrogens is 2. The molecule has 160 valence electrons. The van der Waals surface area contributed by atoms with Crippen molar-refractivity contribution < 1.29 is 22.4 Å². The second-order valence-electron chi connectivity index (χ2n) is 7.69. The molecule has 1 heterocycles. The van der Waals surface area contributed by atoms with Gasteiger partial charge in [-0.1, -0.05) is 38.2 Å². The first-order valence-electron chi connectivity index (χ1n) is 9.29. The second kappa shape index (κ2) is 8.87.